The van der Waals surface area contributed by atoms with Crippen molar-refractivity contribution in [3.63, 3.8) is 0 Å². The molecule has 8 heteroatoms. The second-order valence-corrected chi connectivity index (χ2v) is 10.4. The number of benzene rings is 1. The first-order chi connectivity index (χ1) is 12.7. The van der Waals surface area contributed by atoms with E-state index in [1.165, 1.54) is 0 Å². The highest BCUT2D eigenvalue weighted by atomic mass is 35.5. The molecular formula is C20H31ClN4O2S. The predicted octanol–water partition coefficient (Wildman–Crippen LogP) is 2.56. The van der Waals surface area contributed by atoms with Gasteiger partial charge in [0.25, 0.3) is 0 Å². The lowest BCUT2D eigenvalue weighted by Crippen LogP contribution is -2.48. The van der Waals surface area contributed by atoms with Crippen LogP contribution in [0.3, 0.4) is 0 Å². The first-order valence-electron chi connectivity index (χ1n) is 9.44. The van der Waals surface area contributed by atoms with Crippen molar-refractivity contribution >= 4 is 22.2 Å². The Hall–Kier alpha value is -1.41. The molecule has 1 saturated heterocycles. The first kappa shape index (κ1) is 22.9. The van der Waals surface area contributed by atoms with E-state index < -0.39 is 9.84 Å². The Morgan fingerprint density at radius 2 is 1.89 bits per heavy atom. The van der Waals surface area contributed by atoms with Crippen molar-refractivity contribution in [1.82, 2.24) is 19.8 Å². The zero-order chi connectivity index (χ0) is 19.7. The van der Waals surface area contributed by atoms with Gasteiger partial charge in [-0.2, -0.15) is 0 Å². The topological polar surface area (TPSA) is 67.2 Å². The molecule has 0 saturated carbocycles. The van der Waals surface area contributed by atoms with E-state index in [0.717, 1.165) is 31.0 Å². The van der Waals surface area contributed by atoms with E-state index in [1.54, 1.807) is 18.3 Å². The number of nitrogens with zero attached hydrogens (tertiary/aromatic N) is 3. The molecule has 2 heterocycles. The quantitative estimate of drug-likeness (QED) is 0.795. The maximum atomic E-state index is 12.8. The molecule has 0 radical (unpaired) electrons. The fourth-order valence-corrected chi connectivity index (χ4v) is 4.75. The molecule has 1 aliphatic rings. The average Bonchev–Trinajstić information content (AvgIpc) is 3.05. The van der Waals surface area contributed by atoms with Gasteiger partial charge in [0.05, 0.1) is 16.7 Å². The Morgan fingerprint density at radius 3 is 2.46 bits per heavy atom. The lowest BCUT2D eigenvalue weighted by Gasteiger charge is -2.35. The molecule has 28 heavy (non-hydrogen) atoms. The smallest absolute Gasteiger partial charge is 0.179 e. The van der Waals surface area contributed by atoms with Crippen molar-refractivity contribution < 1.29 is 8.42 Å². The monoisotopic (exact) mass is 426 g/mol. The second-order valence-electron chi connectivity index (χ2n) is 8.25. The minimum absolute atomic E-state index is 0. The number of halogens is 1. The minimum Gasteiger partial charge on any atom is -0.337 e. The van der Waals surface area contributed by atoms with Crippen molar-refractivity contribution in [3.05, 3.63) is 48.0 Å². The van der Waals surface area contributed by atoms with Crippen LogP contribution in [0.4, 0.5) is 0 Å². The molecule has 6 nitrogen and oxygen atoms in total. The predicted molar refractivity (Wildman–Crippen MR) is 115 cm³/mol. The Morgan fingerprint density at radius 1 is 1.21 bits per heavy atom. The summed E-state index contributed by atoms with van der Waals surface area (Å²) in [4.78, 5) is 7.08. The number of imidazole rings is 1. The zero-order valence-electron chi connectivity index (χ0n) is 17.1. The fraction of sp³-hybridized carbons (Fsp3) is 0.550. The van der Waals surface area contributed by atoms with Gasteiger partial charge in [-0.3, -0.25) is 4.90 Å². The van der Waals surface area contributed by atoms with Crippen LogP contribution in [0.15, 0.2) is 41.6 Å². The minimum atomic E-state index is -3.31. The van der Waals surface area contributed by atoms with E-state index in [2.05, 4.69) is 36.0 Å². The summed E-state index contributed by atoms with van der Waals surface area (Å²) in [5.74, 6) is 1.08. The Labute approximate surface area is 174 Å². The summed E-state index contributed by atoms with van der Waals surface area (Å²) in [6, 6.07) is 7.42. The first-order valence-corrected chi connectivity index (χ1v) is 11.1. The maximum Gasteiger partial charge on any atom is 0.179 e. The van der Waals surface area contributed by atoms with Crippen LogP contribution in [-0.2, 0) is 22.3 Å². The number of aryl methyl sites for hydroxylation is 1. The molecule has 156 valence electrons. The SMILES string of the molecule is Cl.Cn1ccnc1C1CNCCN1CCS(=O)(=O)c1ccc(C(C)(C)C)cc1. The van der Waals surface area contributed by atoms with E-state index in [-0.39, 0.29) is 29.6 Å². The van der Waals surface area contributed by atoms with Crippen LogP contribution in [0.5, 0.6) is 0 Å². The van der Waals surface area contributed by atoms with Crippen molar-refractivity contribution in [1.29, 1.82) is 0 Å². The highest BCUT2D eigenvalue weighted by Crippen LogP contribution is 2.25. The summed E-state index contributed by atoms with van der Waals surface area (Å²) in [5.41, 5.74) is 1.15. The van der Waals surface area contributed by atoms with Gasteiger partial charge in [0.15, 0.2) is 9.84 Å². The number of hydrogen-bond acceptors (Lipinski definition) is 5. The number of sulfone groups is 1. The van der Waals surface area contributed by atoms with Crippen molar-refractivity contribution in [3.8, 4) is 0 Å². The molecular weight excluding hydrogens is 396 g/mol. The summed E-state index contributed by atoms with van der Waals surface area (Å²) in [6.07, 6.45) is 3.71. The summed E-state index contributed by atoms with van der Waals surface area (Å²) in [5, 5.41) is 3.39. The van der Waals surface area contributed by atoms with Gasteiger partial charge >= 0.3 is 0 Å². The third-order valence-corrected chi connectivity index (χ3v) is 6.95. The van der Waals surface area contributed by atoms with Crippen molar-refractivity contribution in [2.24, 2.45) is 7.05 Å². The van der Waals surface area contributed by atoms with Crippen LogP contribution in [0.1, 0.15) is 38.2 Å². The van der Waals surface area contributed by atoms with E-state index in [9.17, 15) is 8.42 Å². The van der Waals surface area contributed by atoms with Crippen LogP contribution in [-0.4, -0.2) is 54.8 Å². The third-order valence-electron chi connectivity index (χ3n) is 5.24. The van der Waals surface area contributed by atoms with E-state index in [4.69, 9.17) is 0 Å². The van der Waals surface area contributed by atoms with Gasteiger partial charge in [-0.15, -0.1) is 12.4 Å². The fourth-order valence-electron chi connectivity index (χ4n) is 3.48. The number of aromatic nitrogens is 2. The number of hydrogen-bond donors (Lipinski definition) is 1. The van der Waals surface area contributed by atoms with E-state index >= 15 is 0 Å². The highest BCUT2D eigenvalue weighted by molar-refractivity contribution is 7.91. The normalized spacial score (nSPS) is 18.6. The van der Waals surface area contributed by atoms with Crippen molar-refractivity contribution in [2.45, 2.75) is 37.1 Å². The van der Waals surface area contributed by atoms with Gasteiger partial charge in [-0.1, -0.05) is 32.9 Å². The molecule has 2 aromatic rings. The molecule has 1 atom stereocenters. The maximum absolute atomic E-state index is 12.8. The van der Waals surface area contributed by atoms with Crippen LogP contribution >= 0.6 is 12.4 Å². The summed E-state index contributed by atoms with van der Waals surface area (Å²) < 4.78 is 27.7. The molecule has 0 bridgehead atoms. The highest BCUT2D eigenvalue weighted by Gasteiger charge is 2.28. The van der Waals surface area contributed by atoms with Crippen molar-refractivity contribution in [2.75, 3.05) is 31.9 Å². The summed E-state index contributed by atoms with van der Waals surface area (Å²) >= 11 is 0. The number of rotatable bonds is 5. The van der Waals surface area contributed by atoms with Crippen LogP contribution in [0, 0.1) is 0 Å². The third kappa shape index (κ3) is 5.14. The van der Waals surface area contributed by atoms with Gasteiger partial charge in [0.2, 0.25) is 0 Å². The van der Waals surface area contributed by atoms with Crippen LogP contribution in [0.25, 0.3) is 0 Å². The average molecular weight is 427 g/mol. The van der Waals surface area contributed by atoms with E-state index in [0.29, 0.717) is 11.4 Å². The molecule has 1 aromatic carbocycles. The molecule has 0 spiro atoms. The molecule has 3 rings (SSSR count). The lowest BCUT2D eigenvalue weighted by molar-refractivity contribution is 0.162. The van der Waals surface area contributed by atoms with Crippen LogP contribution in [0.2, 0.25) is 0 Å². The summed E-state index contributed by atoms with van der Waals surface area (Å²) in [7, 11) is -1.34. The van der Waals surface area contributed by atoms with Gasteiger partial charge in [0, 0.05) is 45.6 Å². The van der Waals surface area contributed by atoms with Gasteiger partial charge < -0.3 is 9.88 Å². The molecule has 0 amide bonds. The van der Waals surface area contributed by atoms with Gasteiger partial charge in [-0.05, 0) is 23.1 Å². The molecule has 1 unspecified atom stereocenters. The lowest BCUT2D eigenvalue weighted by atomic mass is 9.87. The van der Waals surface area contributed by atoms with Gasteiger partial charge in [-0.25, -0.2) is 13.4 Å². The Bertz CT molecular complexity index is 872. The number of piperazine rings is 1. The molecule has 1 fully saturated rings. The molecule has 1 N–H and O–H groups in total. The van der Waals surface area contributed by atoms with Crippen LogP contribution < -0.4 is 5.32 Å². The Kier molecular flexibility index (Phi) is 7.31. The standard InChI is InChI=1S/C20H30N4O2S.ClH/c1-20(2,3)16-5-7-17(8-6-16)27(25,26)14-13-24-12-9-21-15-18(24)19-22-10-11-23(19)4;/h5-8,10-11,18,21H,9,12-15H2,1-4H3;1H. The molecule has 1 aliphatic heterocycles. The second kappa shape index (κ2) is 8.95. The molecule has 1 aromatic heterocycles. The zero-order valence-corrected chi connectivity index (χ0v) is 18.7. The Balaban J connectivity index is 0.00000280. The number of nitrogens with one attached hydrogen (secondary N) is 1. The van der Waals surface area contributed by atoms with Gasteiger partial charge in [0.1, 0.15) is 5.82 Å². The van der Waals surface area contributed by atoms with E-state index in [1.807, 2.05) is 29.9 Å². The molecule has 0 aliphatic carbocycles. The largest absolute Gasteiger partial charge is 0.337 e. The summed E-state index contributed by atoms with van der Waals surface area (Å²) in [6.45, 7) is 9.33.